The number of ketones is 1. The van der Waals surface area contributed by atoms with Crippen molar-refractivity contribution in [1.29, 1.82) is 0 Å². The molecule has 13 heavy (non-hydrogen) atoms. The van der Waals surface area contributed by atoms with Crippen LogP contribution in [0, 0.1) is 0 Å². The molecule has 0 aromatic heterocycles. The summed E-state index contributed by atoms with van der Waals surface area (Å²) in [4.78, 5) is 11.4. The minimum atomic E-state index is -0.804. The highest BCUT2D eigenvalue weighted by Crippen LogP contribution is 2.22. The molecule has 2 nitrogen and oxygen atoms in total. The van der Waals surface area contributed by atoms with Gasteiger partial charge in [0.1, 0.15) is 0 Å². The van der Waals surface area contributed by atoms with Crippen LogP contribution < -0.4 is 5.73 Å². The minimum Gasteiger partial charge on any atom is -0.315 e. The van der Waals surface area contributed by atoms with Gasteiger partial charge in [0.2, 0.25) is 0 Å². The maximum atomic E-state index is 11.4. The molecule has 0 amide bonds. The number of hydrogen-bond donors (Lipinski definition) is 1. The third kappa shape index (κ3) is 1.78. The van der Waals surface area contributed by atoms with Crippen LogP contribution >= 0.6 is 0 Å². The summed E-state index contributed by atoms with van der Waals surface area (Å²) < 4.78 is 0. The van der Waals surface area contributed by atoms with Gasteiger partial charge in [0.15, 0.2) is 5.78 Å². The van der Waals surface area contributed by atoms with E-state index in [1.165, 1.54) is 6.92 Å². The molecule has 0 aliphatic heterocycles. The lowest BCUT2D eigenvalue weighted by Crippen LogP contribution is -2.42. The molecule has 0 bridgehead atoms. The van der Waals surface area contributed by atoms with Gasteiger partial charge in [-0.1, -0.05) is 37.3 Å². The van der Waals surface area contributed by atoms with Gasteiger partial charge in [-0.25, -0.2) is 0 Å². The molecule has 1 rings (SSSR count). The van der Waals surface area contributed by atoms with E-state index >= 15 is 0 Å². The van der Waals surface area contributed by atoms with E-state index in [0.717, 1.165) is 5.56 Å². The summed E-state index contributed by atoms with van der Waals surface area (Å²) in [5.41, 5.74) is 6.10. The Morgan fingerprint density at radius 3 is 2.31 bits per heavy atom. The third-order valence-corrected chi connectivity index (χ3v) is 2.47. The summed E-state index contributed by atoms with van der Waals surface area (Å²) in [6, 6.07) is 9.50. The third-order valence-electron chi connectivity index (χ3n) is 2.47. The summed E-state index contributed by atoms with van der Waals surface area (Å²) in [6.07, 6.45) is 0.631. The zero-order valence-corrected chi connectivity index (χ0v) is 8.08. The van der Waals surface area contributed by atoms with Crippen LogP contribution in [-0.4, -0.2) is 5.78 Å². The predicted molar refractivity (Wildman–Crippen MR) is 53.3 cm³/mol. The molecule has 2 N–H and O–H groups in total. The van der Waals surface area contributed by atoms with Gasteiger partial charge in [0.05, 0.1) is 5.54 Å². The second kappa shape index (κ2) is 3.71. The maximum absolute atomic E-state index is 11.4. The van der Waals surface area contributed by atoms with Crippen LogP contribution in [0.3, 0.4) is 0 Å². The van der Waals surface area contributed by atoms with Crippen LogP contribution in [0.1, 0.15) is 25.8 Å². The Balaban J connectivity index is 3.11. The molecule has 0 saturated heterocycles. The molecule has 1 aromatic carbocycles. The van der Waals surface area contributed by atoms with Crippen molar-refractivity contribution < 1.29 is 4.79 Å². The first-order chi connectivity index (χ1) is 6.11. The standard InChI is InChI=1S/C11H15NO/c1-3-11(12,9(2)13)10-7-5-4-6-8-10/h4-8H,3,12H2,1-2H3/t11-/m0/s1. The lowest BCUT2D eigenvalue weighted by Gasteiger charge is -2.25. The summed E-state index contributed by atoms with van der Waals surface area (Å²) in [5, 5.41) is 0. The largest absolute Gasteiger partial charge is 0.315 e. The average Bonchev–Trinajstić information content (AvgIpc) is 2.17. The van der Waals surface area contributed by atoms with E-state index < -0.39 is 5.54 Å². The summed E-state index contributed by atoms with van der Waals surface area (Å²) >= 11 is 0. The molecular formula is C11H15NO. The van der Waals surface area contributed by atoms with E-state index in [-0.39, 0.29) is 5.78 Å². The van der Waals surface area contributed by atoms with E-state index in [1.807, 2.05) is 37.3 Å². The SMILES string of the molecule is CC[C@](N)(C(C)=O)c1ccccc1. The molecule has 0 unspecified atom stereocenters. The van der Waals surface area contributed by atoms with Crippen LogP contribution in [0.15, 0.2) is 30.3 Å². The lowest BCUT2D eigenvalue weighted by molar-refractivity contribution is -0.122. The van der Waals surface area contributed by atoms with Crippen molar-refractivity contribution in [3.05, 3.63) is 35.9 Å². The molecule has 1 aromatic rings. The van der Waals surface area contributed by atoms with Gasteiger partial charge in [-0.05, 0) is 18.9 Å². The van der Waals surface area contributed by atoms with E-state index in [1.54, 1.807) is 0 Å². The van der Waals surface area contributed by atoms with Crippen molar-refractivity contribution in [2.45, 2.75) is 25.8 Å². The Labute approximate surface area is 78.8 Å². The number of Topliss-reactive ketones (excluding diaryl/α,β-unsaturated/α-hetero) is 1. The molecule has 0 heterocycles. The first-order valence-corrected chi connectivity index (χ1v) is 4.46. The molecule has 0 spiro atoms. The molecular weight excluding hydrogens is 162 g/mol. The van der Waals surface area contributed by atoms with Gasteiger partial charge in [-0.2, -0.15) is 0 Å². The summed E-state index contributed by atoms with van der Waals surface area (Å²) in [5.74, 6) is 0.0150. The maximum Gasteiger partial charge on any atom is 0.154 e. The van der Waals surface area contributed by atoms with Crippen LogP contribution in [0.25, 0.3) is 0 Å². The molecule has 0 fully saturated rings. The van der Waals surface area contributed by atoms with Gasteiger partial charge in [-0.15, -0.1) is 0 Å². The van der Waals surface area contributed by atoms with Gasteiger partial charge < -0.3 is 5.73 Å². The Morgan fingerprint density at radius 1 is 1.38 bits per heavy atom. The number of carbonyl (C=O) groups excluding carboxylic acids is 1. The van der Waals surface area contributed by atoms with E-state index in [9.17, 15) is 4.79 Å². The first-order valence-electron chi connectivity index (χ1n) is 4.46. The van der Waals surface area contributed by atoms with Gasteiger partial charge in [-0.3, -0.25) is 4.79 Å². The monoisotopic (exact) mass is 177 g/mol. The highest BCUT2D eigenvalue weighted by atomic mass is 16.1. The highest BCUT2D eigenvalue weighted by molar-refractivity contribution is 5.87. The van der Waals surface area contributed by atoms with Gasteiger partial charge in [0, 0.05) is 0 Å². The lowest BCUT2D eigenvalue weighted by atomic mass is 9.85. The minimum absolute atomic E-state index is 0.0150. The number of benzene rings is 1. The van der Waals surface area contributed by atoms with E-state index in [0.29, 0.717) is 6.42 Å². The smallest absolute Gasteiger partial charge is 0.154 e. The van der Waals surface area contributed by atoms with Crippen LogP contribution in [0.5, 0.6) is 0 Å². The zero-order valence-electron chi connectivity index (χ0n) is 8.08. The van der Waals surface area contributed by atoms with Crippen molar-refractivity contribution in [3.63, 3.8) is 0 Å². The molecule has 2 heteroatoms. The second-order valence-corrected chi connectivity index (χ2v) is 3.25. The quantitative estimate of drug-likeness (QED) is 0.765. The van der Waals surface area contributed by atoms with Crippen molar-refractivity contribution in [2.24, 2.45) is 5.73 Å². The molecule has 0 saturated carbocycles. The van der Waals surface area contributed by atoms with Crippen molar-refractivity contribution >= 4 is 5.78 Å². The second-order valence-electron chi connectivity index (χ2n) is 3.25. The molecule has 70 valence electrons. The highest BCUT2D eigenvalue weighted by Gasteiger charge is 2.29. The van der Waals surface area contributed by atoms with Crippen molar-refractivity contribution in [2.75, 3.05) is 0 Å². The normalized spacial score (nSPS) is 15.0. The number of rotatable bonds is 3. The fraction of sp³-hybridized carbons (Fsp3) is 0.364. The Bertz CT molecular complexity index is 294. The number of hydrogen-bond acceptors (Lipinski definition) is 2. The molecule has 0 aliphatic rings. The first kappa shape index (κ1) is 9.93. The van der Waals surface area contributed by atoms with Crippen LogP contribution in [-0.2, 0) is 10.3 Å². The van der Waals surface area contributed by atoms with Crippen LogP contribution in [0.4, 0.5) is 0 Å². The number of nitrogens with two attached hydrogens (primary N) is 1. The predicted octanol–water partition coefficient (Wildman–Crippen LogP) is 1.84. The van der Waals surface area contributed by atoms with Crippen LogP contribution in [0.2, 0.25) is 0 Å². The fourth-order valence-corrected chi connectivity index (χ4v) is 1.39. The van der Waals surface area contributed by atoms with Gasteiger partial charge in [0.25, 0.3) is 0 Å². The van der Waals surface area contributed by atoms with Gasteiger partial charge >= 0.3 is 0 Å². The van der Waals surface area contributed by atoms with Crippen molar-refractivity contribution in [3.8, 4) is 0 Å². The molecule has 1 atom stereocenters. The summed E-state index contributed by atoms with van der Waals surface area (Å²) in [6.45, 7) is 3.46. The van der Waals surface area contributed by atoms with E-state index in [4.69, 9.17) is 5.73 Å². The number of carbonyl (C=O) groups is 1. The zero-order chi connectivity index (χ0) is 9.90. The summed E-state index contributed by atoms with van der Waals surface area (Å²) in [7, 11) is 0. The van der Waals surface area contributed by atoms with E-state index in [2.05, 4.69) is 0 Å². The Hall–Kier alpha value is -1.15. The average molecular weight is 177 g/mol. The topological polar surface area (TPSA) is 43.1 Å². The molecule has 0 aliphatic carbocycles. The Kier molecular flexibility index (Phi) is 2.83. The van der Waals surface area contributed by atoms with Crippen molar-refractivity contribution in [1.82, 2.24) is 0 Å². The molecule has 0 radical (unpaired) electrons. The Morgan fingerprint density at radius 2 is 1.92 bits per heavy atom. The fourth-order valence-electron chi connectivity index (χ4n) is 1.39.